The monoisotopic (exact) mass is 164 g/mol. The van der Waals surface area contributed by atoms with Crippen LogP contribution in [0.2, 0.25) is 0 Å². The molecule has 0 aliphatic carbocycles. The van der Waals surface area contributed by atoms with Gasteiger partial charge in [-0.15, -0.1) is 25.3 Å². The standard InChI is InChI=1S/C2H2.ClH.Ru/c1-2;;/h1-2H;1H;. The quantitative estimate of drug-likeness (QED) is 0.364. The van der Waals surface area contributed by atoms with Crippen molar-refractivity contribution < 1.29 is 19.5 Å². The van der Waals surface area contributed by atoms with Gasteiger partial charge in [-0.25, -0.2) is 0 Å². The minimum atomic E-state index is 0. The first-order valence-corrected chi connectivity index (χ1v) is 0.333. The van der Waals surface area contributed by atoms with Gasteiger partial charge in [0.05, 0.1) is 0 Å². The Morgan fingerprint density at radius 2 is 1.00 bits per heavy atom. The van der Waals surface area contributed by atoms with Gasteiger partial charge in [0.1, 0.15) is 0 Å². The summed E-state index contributed by atoms with van der Waals surface area (Å²) in [7, 11) is 0. The molecule has 0 rings (SSSR count). The number of hydrogen-bond donors (Lipinski definition) is 0. The normalized spacial score (nSPS) is 0.500. The largest absolute Gasteiger partial charge is 0.147 e. The van der Waals surface area contributed by atoms with E-state index in [9.17, 15) is 0 Å². The Balaban J connectivity index is -0.00000000500. The summed E-state index contributed by atoms with van der Waals surface area (Å²) in [6.07, 6.45) is 8.00. The van der Waals surface area contributed by atoms with Crippen molar-refractivity contribution in [3.05, 3.63) is 0 Å². The van der Waals surface area contributed by atoms with Crippen molar-refractivity contribution in [1.29, 1.82) is 0 Å². The van der Waals surface area contributed by atoms with Crippen LogP contribution in [0.5, 0.6) is 0 Å². The second-order valence-corrected chi connectivity index (χ2v) is 0. The Bertz CT molecular complexity index is 10.8. The fourth-order valence-electron chi connectivity index (χ4n) is 0. The van der Waals surface area contributed by atoms with E-state index in [1.54, 1.807) is 0 Å². The maximum absolute atomic E-state index is 4.00. The van der Waals surface area contributed by atoms with Gasteiger partial charge >= 0.3 is 0 Å². The third-order valence-corrected chi connectivity index (χ3v) is 0. The van der Waals surface area contributed by atoms with E-state index in [4.69, 9.17) is 0 Å². The van der Waals surface area contributed by atoms with Crippen LogP contribution in [0.15, 0.2) is 0 Å². The van der Waals surface area contributed by atoms with Crippen LogP contribution in [0.3, 0.4) is 0 Å². The number of hydrogen-bond acceptors (Lipinski definition) is 0. The molecule has 0 unspecified atom stereocenters. The summed E-state index contributed by atoms with van der Waals surface area (Å²) >= 11 is 0. The molecule has 0 aromatic carbocycles. The molecular weight excluding hydrogens is 161 g/mol. The molecule has 0 N–H and O–H groups in total. The molecule has 0 bridgehead atoms. The van der Waals surface area contributed by atoms with Crippen LogP contribution >= 0.6 is 12.4 Å². The van der Waals surface area contributed by atoms with E-state index in [-0.39, 0.29) is 31.9 Å². The van der Waals surface area contributed by atoms with Crippen molar-refractivity contribution in [2.45, 2.75) is 0 Å². The molecule has 0 aliphatic rings. The third-order valence-electron chi connectivity index (χ3n) is 0. The fourth-order valence-corrected chi connectivity index (χ4v) is 0. The molecular formula is C2H3ClRu. The molecule has 0 amide bonds. The van der Waals surface area contributed by atoms with Gasteiger partial charge in [0.2, 0.25) is 0 Å². The molecule has 0 nitrogen and oxygen atoms in total. The first kappa shape index (κ1) is 24.9. The molecule has 0 spiro atoms. The molecule has 0 heterocycles. The van der Waals surface area contributed by atoms with Crippen molar-refractivity contribution in [2.75, 3.05) is 0 Å². The van der Waals surface area contributed by atoms with Gasteiger partial charge in [-0.1, -0.05) is 0 Å². The molecule has 2 heteroatoms. The minimum Gasteiger partial charge on any atom is -0.147 e. The Morgan fingerprint density at radius 3 is 1.00 bits per heavy atom. The topological polar surface area (TPSA) is 0 Å². The SMILES string of the molecule is C#C.Cl.[Ru]. The van der Waals surface area contributed by atoms with Crippen molar-refractivity contribution >= 4 is 12.4 Å². The van der Waals surface area contributed by atoms with Crippen molar-refractivity contribution in [1.82, 2.24) is 0 Å². The first-order chi connectivity index (χ1) is 1.00. The average Bonchev–Trinajstić information content (AvgIpc) is 1.00. The minimum absolute atomic E-state index is 0. The molecule has 0 aromatic rings. The Labute approximate surface area is 45.1 Å². The Hall–Kier alpha value is 0.473. The molecule has 4 heavy (non-hydrogen) atoms. The second-order valence-electron chi connectivity index (χ2n) is 0. The zero-order valence-electron chi connectivity index (χ0n) is 1.92. The van der Waals surface area contributed by atoms with Crippen molar-refractivity contribution in [3.63, 3.8) is 0 Å². The molecule has 0 saturated carbocycles. The van der Waals surface area contributed by atoms with Crippen LogP contribution < -0.4 is 0 Å². The molecule has 0 aromatic heterocycles. The van der Waals surface area contributed by atoms with Crippen molar-refractivity contribution in [3.8, 4) is 12.8 Å². The van der Waals surface area contributed by atoms with Gasteiger partial charge in [0.15, 0.2) is 0 Å². The molecule has 0 saturated heterocycles. The Kier molecular flexibility index (Phi) is 589. The second kappa shape index (κ2) is 94.8. The summed E-state index contributed by atoms with van der Waals surface area (Å²) in [5.74, 6) is 0. The maximum Gasteiger partial charge on any atom is 0 e. The number of halogens is 1. The van der Waals surface area contributed by atoms with E-state index >= 15 is 0 Å². The predicted molar refractivity (Wildman–Crippen MR) is 17.1 cm³/mol. The number of rotatable bonds is 0. The summed E-state index contributed by atoms with van der Waals surface area (Å²) in [5, 5.41) is 0. The van der Waals surface area contributed by atoms with E-state index in [0.29, 0.717) is 0 Å². The molecule has 0 fully saturated rings. The van der Waals surface area contributed by atoms with E-state index in [1.165, 1.54) is 0 Å². The summed E-state index contributed by atoms with van der Waals surface area (Å²) < 4.78 is 0. The zero-order valence-corrected chi connectivity index (χ0v) is 4.47. The van der Waals surface area contributed by atoms with Crippen LogP contribution in [0.1, 0.15) is 0 Å². The average molecular weight is 164 g/mol. The van der Waals surface area contributed by atoms with Gasteiger partial charge in [0, 0.05) is 19.5 Å². The van der Waals surface area contributed by atoms with Crippen LogP contribution in [0.4, 0.5) is 0 Å². The van der Waals surface area contributed by atoms with E-state index in [0.717, 1.165) is 0 Å². The molecule has 0 aliphatic heterocycles. The van der Waals surface area contributed by atoms with Gasteiger partial charge in [-0.2, -0.15) is 0 Å². The van der Waals surface area contributed by atoms with Gasteiger partial charge in [-0.3, -0.25) is 0 Å². The van der Waals surface area contributed by atoms with E-state index < -0.39 is 0 Å². The van der Waals surface area contributed by atoms with E-state index in [1.807, 2.05) is 0 Å². The summed E-state index contributed by atoms with van der Waals surface area (Å²) in [6, 6.07) is 0. The van der Waals surface area contributed by atoms with E-state index in [2.05, 4.69) is 12.8 Å². The van der Waals surface area contributed by atoms with Gasteiger partial charge in [-0.05, 0) is 0 Å². The molecule has 0 radical (unpaired) electrons. The molecule has 26 valence electrons. The van der Waals surface area contributed by atoms with Gasteiger partial charge in [0.25, 0.3) is 0 Å². The summed E-state index contributed by atoms with van der Waals surface area (Å²) in [5.41, 5.74) is 0. The fraction of sp³-hybridized carbons (Fsp3) is 0. The smallest absolute Gasteiger partial charge is 0 e. The maximum atomic E-state index is 4.00. The number of terminal acetylenes is 1. The van der Waals surface area contributed by atoms with Gasteiger partial charge < -0.3 is 0 Å². The summed E-state index contributed by atoms with van der Waals surface area (Å²) in [4.78, 5) is 0. The predicted octanol–water partition coefficient (Wildman–Crippen LogP) is 0.669. The third kappa shape index (κ3) is 24.0. The molecule has 0 atom stereocenters. The summed E-state index contributed by atoms with van der Waals surface area (Å²) in [6.45, 7) is 0. The van der Waals surface area contributed by atoms with Crippen LogP contribution in [-0.2, 0) is 19.5 Å². The van der Waals surface area contributed by atoms with Crippen molar-refractivity contribution in [2.24, 2.45) is 0 Å². The zero-order chi connectivity index (χ0) is 2.00. The van der Waals surface area contributed by atoms with Crippen LogP contribution in [0, 0.1) is 12.8 Å². The van der Waals surface area contributed by atoms with Crippen LogP contribution in [-0.4, -0.2) is 0 Å². The van der Waals surface area contributed by atoms with Crippen LogP contribution in [0.25, 0.3) is 0 Å². The first-order valence-electron chi connectivity index (χ1n) is 0.333. The Morgan fingerprint density at radius 1 is 1.00 bits per heavy atom.